The first-order valence-electron chi connectivity index (χ1n) is 6.17. The molecule has 2 heteroatoms. The van der Waals surface area contributed by atoms with Crippen molar-refractivity contribution in [1.82, 2.24) is 9.88 Å². The molecule has 86 valence electrons. The minimum Gasteiger partial charge on any atom is -0.354 e. The van der Waals surface area contributed by atoms with Crippen LogP contribution in [0.5, 0.6) is 0 Å². The van der Waals surface area contributed by atoms with Gasteiger partial charge in [-0.05, 0) is 37.9 Å². The maximum absolute atomic E-state index is 3.54. The first-order valence-corrected chi connectivity index (χ1v) is 6.17. The van der Waals surface area contributed by atoms with Crippen LogP contribution in [-0.2, 0) is 6.54 Å². The highest BCUT2D eigenvalue weighted by Crippen LogP contribution is 2.12. The summed E-state index contributed by atoms with van der Waals surface area (Å²) in [5.41, 5.74) is 1.40. The van der Waals surface area contributed by atoms with Crippen LogP contribution in [0.4, 0.5) is 0 Å². The largest absolute Gasteiger partial charge is 0.354 e. The van der Waals surface area contributed by atoms with E-state index in [0.717, 1.165) is 13.1 Å². The van der Waals surface area contributed by atoms with Crippen molar-refractivity contribution in [2.75, 3.05) is 6.54 Å². The summed E-state index contributed by atoms with van der Waals surface area (Å²) in [6.45, 7) is 8.92. The lowest BCUT2D eigenvalue weighted by atomic mass is 10.2. The van der Waals surface area contributed by atoms with Crippen molar-refractivity contribution >= 4 is 0 Å². The maximum atomic E-state index is 3.54. The standard InChI is InChI=1S/C13H24N2/c1-4-6-8-14-12(3)13-7-10-15(11-13)9-5-2/h7,10-12,14H,4-6,8-9H2,1-3H3. The van der Waals surface area contributed by atoms with Crippen LogP contribution in [0.1, 0.15) is 51.6 Å². The van der Waals surface area contributed by atoms with Crippen LogP contribution in [0.3, 0.4) is 0 Å². The van der Waals surface area contributed by atoms with Gasteiger partial charge in [-0.25, -0.2) is 0 Å². The highest BCUT2D eigenvalue weighted by atomic mass is 15.0. The summed E-state index contributed by atoms with van der Waals surface area (Å²) in [7, 11) is 0. The fourth-order valence-corrected chi connectivity index (χ4v) is 1.73. The van der Waals surface area contributed by atoms with Gasteiger partial charge in [-0.15, -0.1) is 0 Å². The number of unbranched alkanes of at least 4 members (excludes halogenated alkanes) is 1. The van der Waals surface area contributed by atoms with Crippen LogP contribution in [0.25, 0.3) is 0 Å². The van der Waals surface area contributed by atoms with E-state index in [-0.39, 0.29) is 0 Å². The Morgan fingerprint density at radius 3 is 2.80 bits per heavy atom. The second-order valence-electron chi connectivity index (χ2n) is 4.21. The molecule has 0 amide bonds. The summed E-state index contributed by atoms with van der Waals surface area (Å²) in [5.74, 6) is 0. The second-order valence-corrected chi connectivity index (χ2v) is 4.21. The Hall–Kier alpha value is -0.760. The van der Waals surface area contributed by atoms with Gasteiger partial charge in [0.2, 0.25) is 0 Å². The minimum absolute atomic E-state index is 0.481. The summed E-state index contributed by atoms with van der Waals surface area (Å²) < 4.78 is 2.27. The predicted molar refractivity (Wildman–Crippen MR) is 66.0 cm³/mol. The van der Waals surface area contributed by atoms with Crippen LogP contribution in [0, 0.1) is 0 Å². The molecule has 1 unspecified atom stereocenters. The lowest BCUT2D eigenvalue weighted by Gasteiger charge is -2.11. The fourth-order valence-electron chi connectivity index (χ4n) is 1.73. The first-order chi connectivity index (χ1) is 7.27. The van der Waals surface area contributed by atoms with Crippen molar-refractivity contribution in [1.29, 1.82) is 0 Å². The van der Waals surface area contributed by atoms with Crippen LogP contribution in [0.2, 0.25) is 0 Å². The fraction of sp³-hybridized carbons (Fsp3) is 0.692. The molecule has 1 aromatic heterocycles. The molecule has 1 atom stereocenters. The molecule has 0 saturated heterocycles. The quantitative estimate of drug-likeness (QED) is 0.680. The molecule has 0 spiro atoms. The van der Waals surface area contributed by atoms with Gasteiger partial charge in [0.25, 0.3) is 0 Å². The van der Waals surface area contributed by atoms with Crippen molar-refractivity contribution in [3.63, 3.8) is 0 Å². The molecule has 2 nitrogen and oxygen atoms in total. The van der Waals surface area contributed by atoms with E-state index in [4.69, 9.17) is 0 Å². The normalized spacial score (nSPS) is 13.0. The average molecular weight is 208 g/mol. The van der Waals surface area contributed by atoms with Gasteiger partial charge < -0.3 is 9.88 Å². The molecular weight excluding hydrogens is 184 g/mol. The molecule has 0 aliphatic rings. The van der Waals surface area contributed by atoms with Crippen molar-refractivity contribution in [2.24, 2.45) is 0 Å². The van der Waals surface area contributed by atoms with Gasteiger partial charge in [0.15, 0.2) is 0 Å². The summed E-state index contributed by atoms with van der Waals surface area (Å²) >= 11 is 0. The Kier molecular flexibility index (Phi) is 5.48. The third-order valence-corrected chi connectivity index (χ3v) is 2.74. The van der Waals surface area contributed by atoms with Crippen LogP contribution >= 0.6 is 0 Å². The van der Waals surface area contributed by atoms with E-state index in [0.29, 0.717) is 6.04 Å². The Balaban J connectivity index is 2.39. The Bertz CT molecular complexity index is 265. The van der Waals surface area contributed by atoms with E-state index in [9.17, 15) is 0 Å². The predicted octanol–water partition coefficient (Wildman–Crippen LogP) is 3.35. The number of rotatable bonds is 7. The zero-order chi connectivity index (χ0) is 11.1. The van der Waals surface area contributed by atoms with Gasteiger partial charge in [0, 0.05) is 25.0 Å². The molecule has 0 bridgehead atoms. The topological polar surface area (TPSA) is 17.0 Å². The highest BCUT2D eigenvalue weighted by molar-refractivity contribution is 5.14. The van der Waals surface area contributed by atoms with Gasteiger partial charge in [-0.2, -0.15) is 0 Å². The SMILES string of the molecule is CCCCNC(C)c1ccn(CCC)c1. The lowest BCUT2D eigenvalue weighted by molar-refractivity contribution is 0.552. The molecule has 0 aromatic carbocycles. The molecule has 0 aliphatic carbocycles. The van der Waals surface area contributed by atoms with E-state index >= 15 is 0 Å². The zero-order valence-electron chi connectivity index (χ0n) is 10.3. The molecule has 0 aliphatic heterocycles. The summed E-state index contributed by atoms with van der Waals surface area (Å²) in [4.78, 5) is 0. The monoisotopic (exact) mass is 208 g/mol. The van der Waals surface area contributed by atoms with Gasteiger partial charge in [0.1, 0.15) is 0 Å². The van der Waals surface area contributed by atoms with Gasteiger partial charge >= 0.3 is 0 Å². The van der Waals surface area contributed by atoms with Crippen LogP contribution in [0.15, 0.2) is 18.5 Å². The molecule has 1 rings (SSSR count). The molecule has 1 N–H and O–H groups in total. The molecular formula is C13H24N2. The average Bonchev–Trinajstić information content (AvgIpc) is 2.67. The van der Waals surface area contributed by atoms with E-state index in [2.05, 4.69) is 49.1 Å². The molecule has 1 aromatic rings. The van der Waals surface area contributed by atoms with Gasteiger partial charge in [-0.1, -0.05) is 20.3 Å². The van der Waals surface area contributed by atoms with Crippen molar-refractivity contribution < 1.29 is 0 Å². The Morgan fingerprint density at radius 2 is 2.13 bits per heavy atom. The molecule has 0 fully saturated rings. The number of aryl methyl sites for hydroxylation is 1. The van der Waals surface area contributed by atoms with Crippen LogP contribution in [-0.4, -0.2) is 11.1 Å². The molecule has 15 heavy (non-hydrogen) atoms. The van der Waals surface area contributed by atoms with E-state index in [1.54, 1.807) is 0 Å². The summed E-state index contributed by atoms with van der Waals surface area (Å²) in [5, 5.41) is 3.54. The van der Waals surface area contributed by atoms with Crippen LogP contribution < -0.4 is 5.32 Å². The molecule has 0 saturated carbocycles. The first kappa shape index (κ1) is 12.3. The number of hydrogen-bond acceptors (Lipinski definition) is 1. The van der Waals surface area contributed by atoms with E-state index in [1.807, 2.05) is 0 Å². The van der Waals surface area contributed by atoms with Gasteiger partial charge in [0.05, 0.1) is 0 Å². The Morgan fingerprint density at radius 1 is 1.33 bits per heavy atom. The van der Waals surface area contributed by atoms with Crippen molar-refractivity contribution in [2.45, 2.75) is 52.6 Å². The third kappa shape index (κ3) is 4.08. The summed E-state index contributed by atoms with van der Waals surface area (Å²) in [6, 6.07) is 2.70. The number of nitrogens with one attached hydrogen (secondary N) is 1. The number of hydrogen-bond donors (Lipinski definition) is 1. The van der Waals surface area contributed by atoms with E-state index in [1.165, 1.54) is 24.8 Å². The number of nitrogens with zero attached hydrogens (tertiary/aromatic N) is 1. The zero-order valence-corrected chi connectivity index (χ0v) is 10.3. The lowest BCUT2D eigenvalue weighted by Crippen LogP contribution is -2.19. The van der Waals surface area contributed by atoms with E-state index < -0.39 is 0 Å². The molecule has 1 heterocycles. The third-order valence-electron chi connectivity index (χ3n) is 2.74. The van der Waals surface area contributed by atoms with Crippen molar-refractivity contribution in [3.8, 4) is 0 Å². The molecule has 0 radical (unpaired) electrons. The smallest absolute Gasteiger partial charge is 0.0306 e. The Labute approximate surface area is 93.7 Å². The second kappa shape index (κ2) is 6.67. The maximum Gasteiger partial charge on any atom is 0.0306 e. The highest BCUT2D eigenvalue weighted by Gasteiger charge is 2.05. The minimum atomic E-state index is 0.481. The van der Waals surface area contributed by atoms with Gasteiger partial charge in [-0.3, -0.25) is 0 Å². The van der Waals surface area contributed by atoms with Crippen molar-refractivity contribution in [3.05, 3.63) is 24.0 Å². The summed E-state index contributed by atoms with van der Waals surface area (Å²) in [6.07, 6.45) is 8.16. The number of aromatic nitrogens is 1.